The molecular weight excluding hydrogens is 266 g/mol. The number of para-hydroxylation sites is 2. The maximum Gasteiger partial charge on any atom is 0.252 e. The van der Waals surface area contributed by atoms with E-state index in [4.69, 9.17) is 16.2 Å². The van der Waals surface area contributed by atoms with Crippen LogP contribution in [0, 0.1) is 0 Å². The van der Waals surface area contributed by atoms with Crippen LogP contribution in [0.5, 0.6) is 11.5 Å². The summed E-state index contributed by atoms with van der Waals surface area (Å²) in [6.07, 6.45) is 1.68. The Balaban J connectivity index is 2.13. The predicted molar refractivity (Wildman–Crippen MR) is 81.2 cm³/mol. The van der Waals surface area contributed by atoms with Crippen LogP contribution in [0.4, 0.5) is 5.69 Å². The summed E-state index contributed by atoms with van der Waals surface area (Å²) in [6.45, 7) is 0. The fourth-order valence-corrected chi connectivity index (χ4v) is 2.13. The van der Waals surface area contributed by atoms with Crippen molar-refractivity contribution in [2.24, 2.45) is 5.73 Å². The van der Waals surface area contributed by atoms with Crippen molar-refractivity contribution in [3.8, 4) is 11.5 Å². The van der Waals surface area contributed by atoms with Gasteiger partial charge in [-0.2, -0.15) is 0 Å². The van der Waals surface area contributed by atoms with Gasteiger partial charge in [0.1, 0.15) is 5.52 Å². The van der Waals surface area contributed by atoms with Crippen molar-refractivity contribution in [1.29, 1.82) is 0 Å². The SMILES string of the molecule is NC(=O)c1cccc(N)c1Oc1cccc2cccnc12. The molecule has 0 saturated carbocycles. The molecule has 0 saturated heterocycles. The average Bonchev–Trinajstić information content (AvgIpc) is 2.49. The summed E-state index contributed by atoms with van der Waals surface area (Å²) < 4.78 is 5.83. The Bertz CT molecular complexity index is 825. The Labute approximate surface area is 121 Å². The van der Waals surface area contributed by atoms with Gasteiger partial charge in [0.25, 0.3) is 5.91 Å². The van der Waals surface area contributed by atoms with Crippen LogP contribution >= 0.6 is 0 Å². The van der Waals surface area contributed by atoms with Crippen molar-refractivity contribution in [2.75, 3.05) is 5.73 Å². The van der Waals surface area contributed by atoms with Crippen LogP contribution in [0.2, 0.25) is 0 Å². The van der Waals surface area contributed by atoms with Crippen molar-refractivity contribution in [3.05, 3.63) is 60.3 Å². The van der Waals surface area contributed by atoms with Gasteiger partial charge in [0.15, 0.2) is 11.5 Å². The zero-order chi connectivity index (χ0) is 14.8. The smallest absolute Gasteiger partial charge is 0.252 e. The lowest BCUT2D eigenvalue weighted by Gasteiger charge is -2.12. The van der Waals surface area contributed by atoms with Gasteiger partial charge in [-0.1, -0.05) is 24.3 Å². The third-order valence-electron chi connectivity index (χ3n) is 3.12. The molecule has 0 atom stereocenters. The average molecular weight is 279 g/mol. The lowest BCUT2D eigenvalue weighted by molar-refractivity contribution is 0.0998. The van der Waals surface area contributed by atoms with Gasteiger partial charge in [0.05, 0.1) is 11.3 Å². The van der Waals surface area contributed by atoms with E-state index in [1.807, 2.05) is 24.3 Å². The molecule has 2 aromatic carbocycles. The van der Waals surface area contributed by atoms with Gasteiger partial charge in [-0.25, -0.2) is 0 Å². The maximum atomic E-state index is 11.5. The van der Waals surface area contributed by atoms with E-state index in [0.717, 1.165) is 5.39 Å². The number of aromatic nitrogens is 1. The van der Waals surface area contributed by atoms with E-state index in [0.29, 0.717) is 17.0 Å². The molecule has 0 aliphatic heterocycles. The van der Waals surface area contributed by atoms with Gasteiger partial charge in [0, 0.05) is 11.6 Å². The zero-order valence-corrected chi connectivity index (χ0v) is 11.1. The number of fused-ring (bicyclic) bond motifs is 1. The van der Waals surface area contributed by atoms with E-state index in [1.54, 1.807) is 30.5 Å². The van der Waals surface area contributed by atoms with Crippen LogP contribution in [-0.4, -0.2) is 10.9 Å². The van der Waals surface area contributed by atoms with E-state index < -0.39 is 5.91 Å². The number of carbonyl (C=O) groups is 1. The van der Waals surface area contributed by atoms with Crippen molar-refractivity contribution >= 4 is 22.5 Å². The van der Waals surface area contributed by atoms with Gasteiger partial charge in [-0.05, 0) is 24.3 Å². The molecule has 104 valence electrons. The molecule has 0 spiro atoms. The normalized spacial score (nSPS) is 10.5. The number of nitrogen functional groups attached to an aromatic ring is 1. The zero-order valence-electron chi connectivity index (χ0n) is 11.1. The van der Waals surface area contributed by atoms with Gasteiger partial charge in [-0.3, -0.25) is 9.78 Å². The third-order valence-corrected chi connectivity index (χ3v) is 3.12. The van der Waals surface area contributed by atoms with Crippen molar-refractivity contribution in [2.45, 2.75) is 0 Å². The van der Waals surface area contributed by atoms with E-state index >= 15 is 0 Å². The molecule has 5 heteroatoms. The molecule has 0 fully saturated rings. The Kier molecular flexibility index (Phi) is 3.16. The Morgan fingerprint density at radius 1 is 1.05 bits per heavy atom. The van der Waals surface area contributed by atoms with E-state index in [2.05, 4.69) is 4.98 Å². The van der Waals surface area contributed by atoms with Crippen LogP contribution in [0.1, 0.15) is 10.4 Å². The first-order valence-corrected chi connectivity index (χ1v) is 6.36. The number of hydrogen-bond donors (Lipinski definition) is 2. The number of pyridine rings is 1. The minimum Gasteiger partial charge on any atom is -0.452 e. The summed E-state index contributed by atoms with van der Waals surface area (Å²) in [6, 6.07) is 14.2. The second-order valence-corrected chi connectivity index (χ2v) is 4.52. The molecule has 0 radical (unpaired) electrons. The summed E-state index contributed by atoms with van der Waals surface area (Å²) in [5, 5.41) is 0.935. The topological polar surface area (TPSA) is 91.2 Å². The Morgan fingerprint density at radius 3 is 2.62 bits per heavy atom. The molecule has 1 heterocycles. The molecule has 0 aliphatic carbocycles. The first-order chi connectivity index (χ1) is 10.2. The second-order valence-electron chi connectivity index (χ2n) is 4.52. The quantitative estimate of drug-likeness (QED) is 0.721. The Hall–Kier alpha value is -3.08. The van der Waals surface area contributed by atoms with Crippen LogP contribution in [0.3, 0.4) is 0 Å². The van der Waals surface area contributed by atoms with E-state index in [-0.39, 0.29) is 11.3 Å². The maximum absolute atomic E-state index is 11.5. The number of benzene rings is 2. The van der Waals surface area contributed by atoms with Crippen molar-refractivity contribution in [3.63, 3.8) is 0 Å². The number of anilines is 1. The number of carbonyl (C=O) groups excluding carboxylic acids is 1. The minimum atomic E-state index is -0.592. The Morgan fingerprint density at radius 2 is 1.81 bits per heavy atom. The van der Waals surface area contributed by atoms with Crippen molar-refractivity contribution < 1.29 is 9.53 Å². The number of nitrogens with two attached hydrogens (primary N) is 2. The van der Waals surface area contributed by atoms with E-state index in [1.165, 1.54) is 0 Å². The standard InChI is InChI=1S/C16H13N3O2/c17-12-7-2-6-11(16(18)20)15(12)21-13-8-1-4-10-5-3-9-19-14(10)13/h1-9H,17H2,(H2,18,20). The van der Waals surface area contributed by atoms with Crippen molar-refractivity contribution in [1.82, 2.24) is 4.98 Å². The molecule has 5 nitrogen and oxygen atoms in total. The van der Waals surface area contributed by atoms with Gasteiger partial charge < -0.3 is 16.2 Å². The minimum absolute atomic E-state index is 0.239. The highest BCUT2D eigenvalue weighted by Gasteiger charge is 2.14. The predicted octanol–water partition coefficient (Wildman–Crippen LogP) is 2.71. The van der Waals surface area contributed by atoms with E-state index in [9.17, 15) is 4.79 Å². The number of primary amides is 1. The van der Waals surface area contributed by atoms with Crippen LogP contribution < -0.4 is 16.2 Å². The van der Waals surface area contributed by atoms with Crippen LogP contribution in [0.15, 0.2) is 54.7 Å². The molecule has 3 aromatic rings. The molecule has 4 N–H and O–H groups in total. The monoisotopic (exact) mass is 279 g/mol. The van der Waals surface area contributed by atoms with Crippen LogP contribution in [-0.2, 0) is 0 Å². The fraction of sp³-hybridized carbons (Fsp3) is 0. The first kappa shape index (κ1) is 12.9. The molecular formula is C16H13N3O2. The third kappa shape index (κ3) is 2.36. The second kappa shape index (κ2) is 5.13. The number of rotatable bonds is 3. The van der Waals surface area contributed by atoms with Gasteiger partial charge in [-0.15, -0.1) is 0 Å². The summed E-state index contributed by atoms with van der Waals surface area (Å²) in [4.78, 5) is 15.8. The lowest BCUT2D eigenvalue weighted by atomic mass is 10.1. The highest BCUT2D eigenvalue weighted by molar-refractivity contribution is 5.97. The largest absolute Gasteiger partial charge is 0.452 e. The molecule has 21 heavy (non-hydrogen) atoms. The molecule has 0 unspecified atom stereocenters. The summed E-state index contributed by atoms with van der Waals surface area (Å²) in [7, 11) is 0. The molecule has 0 aliphatic rings. The fourth-order valence-electron chi connectivity index (χ4n) is 2.13. The summed E-state index contributed by atoms with van der Waals surface area (Å²) >= 11 is 0. The highest BCUT2D eigenvalue weighted by Crippen LogP contribution is 2.34. The summed E-state index contributed by atoms with van der Waals surface area (Å²) in [5.74, 6) is 0.183. The number of amides is 1. The number of hydrogen-bond acceptors (Lipinski definition) is 4. The number of ether oxygens (including phenoxy) is 1. The summed E-state index contributed by atoms with van der Waals surface area (Å²) in [5.41, 5.74) is 12.5. The molecule has 0 bridgehead atoms. The van der Waals surface area contributed by atoms with Gasteiger partial charge >= 0.3 is 0 Å². The highest BCUT2D eigenvalue weighted by atomic mass is 16.5. The van der Waals surface area contributed by atoms with Crippen LogP contribution in [0.25, 0.3) is 10.9 Å². The molecule has 1 amide bonds. The lowest BCUT2D eigenvalue weighted by Crippen LogP contribution is -2.13. The molecule has 1 aromatic heterocycles. The first-order valence-electron chi connectivity index (χ1n) is 6.36. The van der Waals surface area contributed by atoms with Gasteiger partial charge in [0.2, 0.25) is 0 Å². The number of nitrogens with zero attached hydrogens (tertiary/aromatic N) is 1. The molecule has 3 rings (SSSR count).